The molecule has 0 heterocycles. The fourth-order valence-corrected chi connectivity index (χ4v) is 4.02. The standard InChI is InChI=1S/C18H22N4O8S2/c1-20(31(3,26)27)14-7-5-6-13(10-14)19-18(23)12-21(32(4,28)29)16-11-15(22(24)25)8-9-17(16)30-2/h5-11H,12H2,1-4H3,(H,19,23). The highest BCUT2D eigenvalue weighted by atomic mass is 32.2. The van der Waals surface area contributed by atoms with Crippen LogP contribution in [0.15, 0.2) is 42.5 Å². The molecule has 0 radical (unpaired) electrons. The normalized spacial score (nSPS) is 11.5. The van der Waals surface area contributed by atoms with E-state index in [1.54, 1.807) is 0 Å². The van der Waals surface area contributed by atoms with E-state index in [-0.39, 0.29) is 28.5 Å². The summed E-state index contributed by atoms with van der Waals surface area (Å²) in [6, 6.07) is 9.31. The lowest BCUT2D eigenvalue weighted by atomic mass is 10.2. The number of ether oxygens (including phenoxy) is 1. The molecule has 0 spiro atoms. The number of nitrogens with one attached hydrogen (secondary N) is 1. The first-order valence-electron chi connectivity index (χ1n) is 8.88. The van der Waals surface area contributed by atoms with Gasteiger partial charge in [0, 0.05) is 24.9 Å². The Balaban J connectivity index is 2.36. The van der Waals surface area contributed by atoms with Gasteiger partial charge >= 0.3 is 0 Å². The van der Waals surface area contributed by atoms with Crippen LogP contribution in [0.3, 0.4) is 0 Å². The van der Waals surface area contributed by atoms with Crippen molar-refractivity contribution in [1.29, 1.82) is 0 Å². The molecule has 2 rings (SSSR count). The van der Waals surface area contributed by atoms with Gasteiger partial charge < -0.3 is 10.1 Å². The van der Waals surface area contributed by atoms with E-state index in [1.807, 2.05) is 0 Å². The van der Waals surface area contributed by atoms with E-state index in [9.17, 15) is 31.7 Å². The maximum absolute atomic E-state index is 12.6. The molecule has 0 aliphatic heterocycles. The molecule has 14 heteroatoms. The number of sulfonamides is 2. The van der Waals surface area contributed by atoms with Gasteiger partial charge in [-0.2, -0.15) is 0 Å². The summed E-state index contributed by atoms with van der Waals surface area (Å²) in [5.74, 6) is -0.742. The zero-order chi connectivity index (χ0) is 24.3. The second kappa shape index (κ2) is 9.40. The van der Waals surface area contributed by atoms with Crippen LogP contribution in [0.25, 0.3) is 0 Å². The van der Waals surface area contributed by atoms with Gasteiger partial charge in [0.2, 0.25) is 26.0 Å². The maximum Gasteiger partial charge on any atom is 0.271 e. The molecule has 0 unspecified atom stereocenters. The average molecular weight is 487 g/mol. The van der Waals surface area contributed by atoms with Crippen molar-refractivity contribution in [3.63, 3.8) is 0 Å². The molecular weight excluding hydrogens is 464 g/mol. The van der Waals surface area contributed by atoms with Crippen LogP contribution in [0.2, 0.25) is 0 Å². The van der Waals surface area contributed by atoms with E-state index in [4.69, 9.17) is 4.74 Å². The number of nitrogens with zero attached hydrogens (tertiary/aromatic N) is 3. The van der Waals surface area contributed by atoms with Crippen molar-refractivity contribution < 1.29 is 31.3 Å². The van der Waals surface area contributed by atoms with Gasteiger partial charge in [-0.3, -0.25) is 23.5 Å². The Morgan fingerprint density at radius 1 is 1.09 bits per heavy atom. The van der Waals surface area contributed by atoms with E-state index >= 15 is 0 Å². The average Bonchev–Trinajstić information content (AvgIpc) is 2.69. The summed E-state index contributed by atoms with van der Waals surface area (Å²) in [5.41, 5.74) is -0.0515. The van der Waals surface area contributed by atoms with E-state index in [1.165, 1.54) is 44.5 Å². The van der Waals surface area contributed by atoms with Gasteiger partial charge in [-0.05, 0) is 24.3 Å². The zero-order valence-electron chi connectivity index (χ0n) is 17.7. The summed E-state index contributed by atoms with van der Waals surface area (Å²) >= 11 is 0. The first kappa shape index (κ1) is 24.9. The third kappa shape index (κ3) is 6.07. The molecule has 0 aliphatic carbocycles. The van der Waals surface area contributed by atoms with Gasteiger partial charge in [-0.1, -0.05) is 6.07 Å². The van der Waals surface area contributed by atoms with E-state index < -0.39 is 37.4 Å². The number of carbonyl (C=O) groups is 1. The minimum absolute atomic E-state index is 0.0191. The second-order valence-electron chi connectivity index (χ2n) is 6.71. The van der Waals surface area contributed by atoms with Crippen molar-refractivity contribution in [2.75, 3.05) is 47.1 Å². The van der Waals surface area contributed by atoms with Crippen LogP contribution in [0.4, 0.5) is 22.7 Å². The number of carbonyl (C=O) groups excluding carboxylic acids is 1. The van der Waals surface area contributed by atoms with Crippen LogP contribution in [-0.2, 0) is 24.8 Å². The van der Waals surface area contributed by atoms with Crippen LogP contribution >= 0.6 is 0 Å². The lowest BCUT2D eigenvalue weighted by Gasteiger charge is -2.23. The predicted molar refractivity (Wildman–Crippen MR) is 120 cm³/mol. The SMILES string of the molecule is COc1ccc([N+](=O)[O-])cc1N(CC(=O)Nc1cccc(N(C)S(C)(=O)=O)c1)S(C)(=O)=O. The molecule has 0 atom stereocenters. The molecule has 0 aliphatic rings. The van der Waals surface area contributed by atoms with E-state index in [0.29, 0.717) is 4.31 Å². The molecule has 174 valence electrons. The summed E-state index contributed by atoms with van der Waals surface area (Å²) in [4.78, 5) is 23.0. The lowest BCUT2D eigenvalue weighted by Crippen LogP contribution is -2.37. The van der Waals surface area contributed by atoms with Gasteiger partial charge in [0.15, 0.2) is 0 Å². The fourth-order valence-electron chi connectivity index (χ4n) is 2.67. The van der Waals surface area contributed by atoms with Gasteiger partial charge in [0.1, 0.15) is 18.0 Å². The van der Waals surface area contributed by atoms with Gasteiger partial charge in [0.05, 0.1) is 30.2 Å². The Hall–Kier alpha value is -3.39. The second-order valence-corrected chi connectivity index (χ2v) is 10.6. The molecule has 12 nitrogen and oxygen atoms in total. The van der Waals surface area contributed by atoms with E-state index in [2.05, 4.69) is 5.32 Å². The molecule has 2 aromatic rings. The van der Waals surface area contributed by atoms with Gasteiger partial charge in [-0.15, -0.1) is 0 Å². The van der Waals surface area contributed by atoms with Crippen molar-refractivity contribution in [2.45, 2.75) is 0 Å². The number of nitro benzene ring substituents is 1. The third-order valence-electron chi connectivity index (χ3n) is 4.32. The maximum atomic E-state index is 12.6. The number of non-ortho nitro benzene ring substituents is 1. The highest BCUT2D eigenvalue weighted by Crippen LogP contribution is 2.33. The van der Waals surface area contributed by atoms with Crippen LogP contribution in [0.1, 0.15) is 0 Å². The number of amides is 1. The highest BCUT2D eigenvalue weighted by Gasteiger charge is 2.26. The monoisotopic (exact) mass is 486 g/mol. The fraction of sp³-hybridized carbons (Fsp3) is 0.278. The van der Waals surface area contributed by atoms with Crippen LogP contribution in [0, 0.1) is 10.1 Å². The summed E-state index contributed by atoms with van der Waals surface area (Å²) in [5, 5.41) is 13.6. The quantitative estimate of drug-likeness (QED) is 0.412. The molecule has 0 aromatic heterocycles. The third-order valence-corrected chi connectivity index (χ3v) is 6.65. The van der Waals surface area contributed by atoms with E-state index in [0.717, 1.165) is 28.9 Å². The van der Waals surface area contributed by atoms with Crippen molar-refractivity contribution in [2.24, 2.45) is 0 Å². The molecular formula is C18H22N4O8S2. The van der Waals surface area contributed by atoms with Crippen molar-refractivity contribution in [3.05, 3.63) is 52.6 Å². The zero-order valence-corrected chi connectivity index (χ0v) is 19.3. The van der Waals surface area contributed by atoms with Crippen molar-refractivity contribution in [3.8, 4) is 5.75 Å². The Morgan fingerprint density at radius 2 is 1.75 bits per heavy atom. The number of benzene rings is 2. The van der Waals surface area contributed by atoms with Crippen LogP contribution in [-0.4, -0.2) is 60.9 Å². The van der Waals surface area contributed by atoms with Gasteiger partial charge in [-0.25, -0.2) is 16.8 Å². The highest BCUT2D eigenvalue weighted by molar-refractivity contribution is 7.92. The summed E-state index contributed by atoms with van der Waals surface area (Å²) in [6.45, 7) is -0.706. The number of nitro groups is 1. The predicted octanol–water partition coefficient (Wildman–Crippen LogP) is 1.40. The Labute approximate surface area is 185 Å². The topological polar surface area (TPSA) is 156 Å². The largest absolute Gasteiger partial charge is 0.495 e. The van der Waals surface area contributed by atoms with Crippen molar-refractivity contribution >= 4 is 48.7 Å². The smallest absolute Gasteiger partial charge is 0.271 e. The Kier molecular flexibility index (Phi) is 7.31. The Morgan fingerprint density at radius 3 is 2.28 bits per heavy atom. The van der Waals surface area contributed by atoms with Gasteiger partial charge in [0.25, 0.3) is 5.69 Å². The molecule has 0 bridgehead atoms. The lowest BCUT2D eigenvalue weighted by molar-refractivity contribution is -0.384. The first-order valence-corrected chi connectivity index (χ1v) is 12.6. The summed E-state index contributed by atoms with van der Waals surface area (Å²) in [7, 11) is -4.97. The molecule has 32 heavy (non-hydrogen) atoms. The number of methoxy groups -OCH3 is 1. The van der Waals surface area contributed by atoms with Crippen LogP contribution < -0.4 is 18.7 Å². The molecule has 0 saturated heterocycles. The Bertz CT molecular complexity index is 1250. The summed E-state index contributed by atoms with van der Waals surface area (Å²) in [6.07, 6.45) is 1.87. The molecule has 0 saturated carbocycles. The number of hydrogen-bond donors (Lipinski definition) is 1. The first-order chi connectivity index (χ1) is 14.7. The van der Waals surface area contributed by atoms with Crippen LogP contribution in [0.5, 0.6) is 5.75 Å². The number of hydrogen-bond acceptors (Lipinski definition) is 8. The minimum atomic E-state index is -4.04. The molecule has 0 fully saturated rings. The number of anilines is 3. The summed E-state index contributed by atoms with van der Waals surface area (Å²) < 4.78 is 55.0. The molecule has 1 N–H and O–H groups in total. The number of rotatable bonds is 9. The molecule has 2 aromatic carbocycles. The van der Waals surface area contributed by atoms with Crippen molar-refractivity contribution in [1.82, 2.24) is 0 Å². The molecule has 1 amide bonds. The minimum Gasteiger partial charge on any atom is -0.495 e.